The lowest BCUT2D eigenvalue weighted by atomic mass is 9.96. The molecule has 16 atom stereocenters. The number of nitrogens with one attached hydrogen (secondary N) is 4. The van der Waals surface area contributed by atoms with Gasteiger partial charge in [-0.3, -0.25) is 76.7 Å². The van der Waals surface area contributed by atoms with Crippen LogP contribution in [0.5, 0.6) is 0 Å². The molecule has 0 saturated carbocycles. The normalized spacial score (nSPS) is 23.6. The zero-order valence-electron chi connectivity index (χ0n) is 65.4. The molecule has 0 radical (unpaired) electrons. The van der Waals surface area contributed by atoms with Gasteiger partial charge in [0.1, 0.15) is 44.2 Å². The van der Waals surface area contributed by atoms with Crippen LogP contribution in [0.3, 0.4) is 0 Å². The molecular formula is C71H114N8O32. The van der Waals surface area contributed by atoms with Crippen LogP contribution < -0.4 is 32.7 Å². The molecule has 6 amide bonds. The van der Waals surface area contributed by atoms with Gasteiger partial charge in [0.2, 0.25) is 29.5 Å². The molecule has 0 spiro atoms. The number of esters is 10. The van der Waals surface area contributed by atoms with E-state index in [0.717, 1.165) is 62.3 Å². The minimum atomic E-state index is -1.38. The molecule has 3 rings (SSSR count). The molecule has 0 bridgehead atoms. The van der Waals surface area contributed by atoms with Crippen LogP contribution in [0.2, 0.25) is 0 Å². The van der Waals surface area contributed by atoms with Gasteiger partial charge in [0.15, 0.2) is 61.6 Å². The Hall–Kier alpha value is -8.80. The van der Waals surface area contributed by atoms with Gasteiger partial charge in [-0.25, -0.2) is 0 Å². The Balaban J connectivity index is 1.78. The molecule has 111 heavy (non-hydrogen) atoms. The lowest BCUT2D eigenvalue weighted by Gasteiger charge is -2.44. The van der Waals surface area contributed by atoms with E-state index in [-0.39, 0.29) is 161 Å². The number of nitrogens with zero attached hydrogens (tertiary/aromatic N) is 2. The first kappa shape index (κ1) is 96.4. The Morgan fingerprint density at radius 3 is 1.15 bits per heavy atom. The van der Waals surface area contributed by atoms with Gasteiger partial charge >= 0.3 is 59.7 Å². The third-order valence-corrected chi connectivity index (χ3v) is 16.9. The fourth-order valence-electron chi connectivity index (χ4n) is 11.9. The number of carbonyl (C=O) groups excluding carboxylic acids is 16. The number of carbonyl (C=O) groups is 16. The number of amides is 6. The van der Waals surface area contributed by atoms with Crippen molar-refractivity contribution in [1.29, 1.82) is 0 Å². The average Bonchev–Trinajstić information content (AvgIpc) is 0.803. The molecule has 0 aromatic carbocycles. The molecule has 3 saturated heterocycles. The minimum absolute atomic E-state index is 0.00775. The summed E-state index contributed by atoms with van der Waals surface area (Å²) in [5.74, 6) is -9.98. The second-order valence-electron chi connectivity index (χ2n) is 26.4. The molecule has 0 aromatic heterocycles. The Bertz CT molecular complexity index is 3070. The maximum atomic E-state index is 14.4. The minimum Gasteiger partial charge on any atom is -0.463 e. The predicted octanol–water partition coefficient (Wildman–Crippen LogP) is -0.932. The molecule has 630 valence electrons. The predicted molar refractivity (Wildman–Crippen MR) is 379 cm³/mol. The standard InChI is InChI=1S/C71H114N8O32/c1-13-50(108-58(94)27-26-54(90)74-12)68(95)79(31-21-29-76-56(92)24-15-18-35-97-70-60(73)66(106-48(10)88)63(103-45(7)85)52(110-70)38-100-42(4)82)33-22-32-78(57(93)25-16-19-36-98-71-61(77-40(2)80)67(107-49(11)89)64(104-46(8)86)53(111-71)39-101-43(5)83)30-20-28-75-55(91)23-14-17-34-96-69-59(72)65(105-47(9)87)62(102-44(6)84)51(109-69)37-99-41(3)81/h50-53,59-67,69-71H,13-39,72-73H2,1-12H3,(H,74,90)(H,75,91)(H,76,92)(H,77,80)/t50?,51?,52?,53?,59?,60?,61?,62-,63-,64-,65+,66+,67+,69+,70+,71+/m0/s1. The summed E-state index contributed by atoms with van der Waals surface area (Å²) in [7, 11) is 1.40. The highest BCUT2D eigenvalue weighted by molar-refractivity contribution is 5.86. The highest BCUT2D eigenvalue weighted by Gasteiger charge is 2.53. The number of rotatable bonds is 49. The van der Waals surface area contributed by atoms with Gasteiger partial charge in [-0.1, -0.05) is 6.92 Å². The SMILES string of the molecule is CCC(OC(=O)CCC(=O)NC)C(=O)N(CCCNC(=O)CCCCO[C@@H]1OC(COC(C)=O)[C@H](OC(C)=O)[C@H](OC(C)=O)C1N)CCCN(CCCNC(=O)CCCCO[C@@H]1OC(COC(C)=O)[C@H](OC(C)=O)[C@H](OC(C)=O)C1N)C(=O)CCCCO[C@@H]1OC(COC(C)=O)[C@H](OC(C)=O)[C@H](OC(C)=O)C1NC(C)=O. The van der Waals surface area contributed by atoms with Crippen LogP contribution in [-0.4, -0.2) is 289 Å². The zero-order valence-corrected chi connectivity index (χ0v) is 65.4. The Labute approximate surface area is 644 Å². The van der Waals surface area contributed by atoms with Crippen molar-refractivity contribution in [2.75, 3.05) is 86.0 Å². The molecule has 3 fully saturated rings. The maximum absolute atomic E-state index is 14.4. The van der Waals surface area contributed by atoms with Crippen molar-refractivity contribution in [3.63, 3.8) is 0 Å². The zero-order chi connectivity index (χ0) is 82.9. The van der Waals surface area contributed by atoms with Gasteiger partial charge in [-0.05, 0) is 64.2 Å². The largest absolute Gasteiger partial charge is 0.463 e. The van der Waals surface area contributed by atoms with Crippen LogP contribution in [-0.2, 0) is 153 Å². The Kier molecular flexibility index (Phi) is 44.9. The van der Waals surface area contributed by atoms with Gasteiger partial charge in [-0.2, -0.15) is 0 Å². The smallest absolute Gasteiger partial charge is 0.307 e. The molecule has 3 aliphatic heterocycles. The Morgan fingerprint density at radius 2 is 0.757 bits per heavy atom. The molecular weight excluding hydrogens is 1480 g/mol. The molecule has 3 aliphatic rings. The highest BCUT2D eigenvalue weighted by atomic mass is 16.7. The van der Waals surface area contributed by atoms with Crippen LogP contribution >= 0.6 is 0 Å². The topological polar surface area (TPSA) is 527 Å². The van der Waals surface area contributed by atoms with Gasteiger partial charge in [-0.15, -0.1) is 0 Å². The Morgan fingerprint density at radius 1 is 0.396 bits per heavy atom. The molecule has 40 heteroatoms. The van der Waals surface area contributed by atoms with Crippen molar-refractivity contribution in [3.8, 4) is 0 Å². The van der Waals surface area contributed by atoms with Crippen LogP contribution in [0.15, 0.2) is 0 Å². The van der Waals surface area contributed by atoms with E-state index in [1.54, 1.807) is 11.8 Å². The summed E-state index contributed by atoms with van der Waals surface area (Å²) >= 11 is 0. The number of hydrogen-bond acceptors (Lipinski definition) is 34. The van der Waals surface area contributed by atoms with Crippen LogP contribution in [0.25, 0.3) is 0 Å². The number of unbranched alkanes of at least 4 members (excludes halogenated alkanes) is 3. The summed E-state index contributed by atoms with van der Waals surface area (Å²) in [6.07, 6.45) is -14.4. The van der Waals surface area contributed by atoms with E-state index >= 15 is 0 Å². The quantitative estimate of drug-likeness (QED) is 0.0243. The van der Waals surface area contributed by atoms with Crippen molar-refractivity contribution >= 4 is 95.1 Å². The van der Waals surface area contributed by atoms with Gasteiger partial charge in [0.05, 0.1) is 18.5 Å². The van der Waals surface area contributed by atoms with Crippen molar-refractivity contribution in [2.45, 2.75) is 271 Å². The van der Waals surface area contributed by atoms with E-state index in [1.165, 1.54) is 18.9 Å². The summed E-state index contributed by atoms with van der Waals surface area (Å²) < 4.78 is 89.5. The third-order valence-electron chi connectivity index (χ3n) is 16.9. The summed E-state index contributed by atoms with van der Waals surface area (Å²) in [6, 6.07) is -3.54. The van der Waals surface area contributed by atoms with Crippen molar-refractivity contribution in [3.05, 3.63) is 0 Å². The van der Waals surface area contributed by atoms with Crippen LogP contribution in [0, 0.1) is 0 Å². The lowest BCUT2D eigenvalue weighted by molar-refractivity contribution is -0.277. The molecule has 8 N–H and O–H groups in total. The molecule has 40 nitrogen and oxygen atoms in total. The van der Waals surface area contributed by atoms with E-state index in [1.807, 2.05) is 0 Å². The number of hydrogen-bond donors (Lipinski definition) is 6. The van der Waals surface area contributed by atoms with Gasteiger partial charge in [0, 0.05) is 161 Å². The maximum Gasteiger partial charge on any atom is 0.307 e. The van der Waals surface area contributed by atoms with Crippen molar-refractivity contribution < 1.29 is 153 Å². The fourth-order valence-corrected chi connectivity index (χ4v) is 11.9. The molecule has 0 aromatic rings. The van der Waals surface area contributed by atoms with Gasteiger partial charge < -0.3 is 118 Å². The average molecular weight is 1590 g/mol. The fraction of sp³-hybridized carbons (Fsp3) is 0.775. The number of nitrogens with two attached hydrogens (primary N) is 2. The molecule has 0 aliphatic carbocycles. The van der Waals surface area contributed by atoms with Crippen LogP contribution in [0.1, 0.15) is 172 Å². The van der Waals surface area contributed by atoms with Crippen molar-refractivity contribution in [2.24, 2.45) is 11.5 Å². The summed E-state index contributed by atoms with van der Waals surface area (Å²) in [5, 5.41) is 10.7. The summed E-state index contributed by atoms with van der Waals surface area (Å²) in [5.41, 5.74) is 12.8. The summed E-state index contributed by atoms with van der Waals surface area (Å²) in [4.78, 5) is 204. The van der Waals surface area contributed by atoms with Crippen molar-refractivity contribution in [1.82, 2.24) is 31.1 Å². The first-order chi connectivity index (χ1) is 52.5. The monoisotopic (exact) mass is 1590 g/mol. The first-order valence-electron chi connectivity index (χ1n) is 37.1. The second kappa shape index (κ2) is 51.7. The molecule has 7 unspecified atom stereocenters. The van der Waals surface area contributed by atoms with E-state index in [9.17, 15) is 76.7 Å². The highest BCUT2D eigenvalue weighted by Crippen LogP contribution is 2.31. The second-order valence-corrected chi connectivity index (χ2v) is 26.4. The lowest BCUT2D eigenvalue weighted by Crippen LogP contribution is -2.66. The summed E-state index contributed by atoms with van der Waals surface area (Å²) in [6.45, 7) is 12.1. The van der Waals surface area contributed by atoms with E-state index in [0.29, 0.717) is 25.7 Å². The van der Waals surface area contributed by atoms with Gasteiger partial charge in [0.25, 0.3) is 5.91 Å². The molecule has 3 heterocycles. The van der Waals surface area contributed by atoms with E-state index in [2.05, 4.69) is 21.3 Å². The first-order valence-corrected chi connectivity index (χ1v) is 37.1. The van der Waals surface area contributed by atoms with Crippen LogP contribution in [0.4, 0.5) is 0 Å². The number of ether oxygens (including phenoxy) is 16. The third kappa shape index (κ3) is 37.4. The van der Waals surface area contributed by atoms with E-state index < -0.39 is 182 Å². The van der Waals surface area contributed by atoms with E-state index in [4.69, 9.17) is 87.3 Å².